The van der Waals surface area contributed by atoms with Gasteiger partial charge >= 0.3 is 5.97 Å². The number of rotatable bonds is 19. The van der Waals surface area contributed by atoms with Gasteiger partial charge in [-0.2, -0.15) is 0 Å². The van der Waals surface area contributed by atoms with Crippen LogP contribution in [0.3, 0.4) is 0 Å². The molecule has 0 bridgehead atoms. The molecule has 14 nitrogen and oxygen atoms in total. The van der Waals surface area contributed by atoms with E-state index < -0.39 is 47.9 Å². The molecular weight excluding hydrogens is 532 g/mol. The van der Waals surface area contributed by atoms with Crippen molar-refractivity contribution in [2.45, 2.75) is 83.0 Å². The standard InChI is InChI=1S/C27H46N8O6/c1-16(2)14-22(35-23(37)19(29)15-17-8-10-18(36)11-9-17)25(39)33-20(6-3-4-12-28)24(38)34-21(26(40)41)7-5-13-32-27(30)31/h8-11,16,19-22,36H,3-7,12-15,28-29H2,1-2H3,(H,33,39)(H,34,38)(H,35,37)(H,40,41)(H4,30,31,32). The number of phenolic OH excluding ortho intramolecular Hbond substituents is 1. The Morgan fingerprint density at radius 2 is 1.41 bits per heavy atom. The molecule has 1 aromatic rings. The van der Waals surface area contributed by atoms with Gasteiger partial charge in [0.25, 0.3) is 0 Å². The van der Waals surface area contributed by atoms with Crippen molar-refractivity contribution in [2.75, 3.05) is 13.1 Å². The Labute approximate surface area is 240 Å². The van der Waals surface area contributed by atoms with Crippen LogP contribution in [0, 0.1) is 5.92 Å². The summed E-state index contributed by atoms with van der Waals surface area (Å²) in [5.41, 5.74) is 23.0. The minimum Gasteiger partial charge on any atom is -0.508 e. The monoisotopic (exact) mass is 578 g/mol. The second-order valence-electron chi connectivity index (χ2n) is 10.4. The van der Waals surface area contributed by atoms with E-state index in [4.69, 9.17) is 22.9 Å². The Morgan fingerprint density at radius 1 is 0.854 bits per heavy atom. The Bertz CT molecular complexity index is 1010. The average molecular weight is 579 g/mol. The molecule has 0 heterocycles. The minimum atomic E-state index is -1.23. The van der Waals surface area contributed by atoms with Crippen molar-refractivity contribution in [2.24, 2.45) is 33.8 Å². The molecule has 0 aliphatic carbocycles. The number of guanidine groups is 1. The third-order valence-electron chi connectivity index (χ3n) is 6.21. The highest BCUT2D eigenvalue weighted by Gasteiger charge is 2.30. The van der Waals surface area contributed by atoms with Gasteiger partial charge in [-0.15, -0.1) is 0 Å². The van der Waals surface area contributed by atoms with Crippen LogP contribution in [0.5, 0.6) is 5.75 Å². The lowest BCUT2D eigenvalue weighted by Crippen LogP contribution is -2.57. The molecule has 4 unspecified atom stereocenters. The summed E-state index contributed by atoms with van der Waals surface area (Å²) < 4.78 is 0. The van der Waals surface area contributed by atoms with Gasteiger partial charge in [0.05, 0.1) is 6.04 Å². The van der Waals surface area contributed by atoms with E-state index in [1.165, 1.54) is 12.1 Å². The number of aromatic hydroxyl groups is 1. The summed E-state index contributed by atoms with van der Waals surface area (Å²) in [6.07, 6.45) is 2.18. The summed E-state index contributed by atoms with van der Waals surface area (Å²) in [6, 6.07) is 2.08. The molecule has 13 N–H and O–H groups in total. The maximum Gasteiger partial charge on any atom is 0.326 e. The van der Waals surface area contributed by atoms with Crippen molar-refractivity contribution in [1.29, 1.82) is 0 Å². The van der Waals surface area contributed by atoms with Gasteiger partial charge < -0.3 is 49.1 Å². The normalized spacial score (nSPS) is 13.9. The number of carbonyl (C=O) groups is 4. The first kappa shape index (κ1) is 35.1. The molecule has 0 saturated carbocycles. The number of carboxylic acids is 1. The molecule has 230 valence electrons. The number of carbonyl (C=O) groups excluding carboxylic acids is 3. The fourth-order valence-electron chi connectivity index (χ4n) is 4.03. The number of benzene rings is 1. The molecule has 4 atom stereocenters. The van der Waals surface area contributed by atoms with E-state index in [1.54, 1.807) is 12.1 Å². The molecule has 0 radical (unpaired) electrons. The summed E-state index contributed by atoms with van der Waals surface area (Å²) in [6.45, 7) is 4.35. The number of nitrogens with two attached hydrogens (primary N) is 4. The summed E-state index contributed by atoms with van der Waals surface area (Å²) in [5, 5.41) is 26.9. The second-order valence-corrected chi connectivity index (χ2v) is 10.4. The summed E-state index contributed by atoms with van der Waals surface area (Å²) in [4.78, 5) is 54.9. The van der Waals surface area contributed by atoms with Crippen LogP contribution < -0.4 is 38.9 Å². The van der Waals surface area contributed by atoms with Gasteiger partial charge in [0.1, 0.15) is 23.9 Å². The van der Waals surface area contributed by atoms with E-state index in [9.17, 15) is 29.4 Å². The number of aliphatic imine (C=N–C) groups is 1. The summed E-state index contributed by atoms with van der Waals surface area (Å²) in [5.74, 6) is -3.04. The van der Waals surface area contributed by atoms with Crippen LogP contribution in [0.15, 0.2) is 29.3 Å². The highest BCUT2D eigenvalue weighted by molar-refractivity contribution is 5.94. The average Bonchev–Trinajstić information content (AvgIpc) is 2.89. The molecule has 41 heavy (non-hydrogen) atoms. The molecule has 0 spiro atoms. The first-order chi connectivity index (χ1) is 19.3. The van der Waals surface area contributed by atoms with Crippen molar-refractivity contribution < 1.29 is 29.4 Å². The van der Waals surface area contributed by atoms with E-state index in [0.29, 0.717) is 25.8 Å². The molecule has 1 aromatic carbocycles. The number of hydrogen-bond acceptors (Lipinski definition) is 8. The summed E-state index contributed by atoms with van der Waals surface area (Å²) in [7, 11) is 0. The van der Waals surface area contributed by atoms with Crippen LogP contribution in [0.4, 0.5) is 0 Å². The van der Waals surface area contributed by atoms with E-state index in [2.05, 4.69) is 20.9 Å². The third kappa shape index (κ3) is 14.3. The van der Waals surface area contributed by atoms with E-state index >= 15 is 0 Å². The summed E-state index contributed by atoms with van der Waals surface area (Å²) >= 11 is 0. The van der Waals surface area contributed by atoms with Crippen molar-refractivity contribution in [3.8, 4) is 5.75 Å². The quantitative estimate of drug-likeness (QED) is 0.0551. The lowest BCUT2D eigenvalue weighted by atomic mass is 10.00. The molecule has 1 rings (SSSR count). The van der Waals surface area contributed by atoms with Crippen molar-refractivity contribution in [1.82, 2.24) is 16.0 Å². The highest BCUT2D eigenvalue weighted by Crippen LogP contribution is 2.12. The maximum atomic E-state index is 13.3. The Morgan fingerprint density at radius 3 is 1.98 bits per heavy atom. The molecule has 0 fully saturated rings. The molecule has 0 aliphatic heterocycles. The van der Waals surface area contributed by atoms with Crippen LogP contribution in [-0.4, -0.2) is 77.1 Å². The largest absolute Gasteiger partial charge is 0.508 e. The lowest BCUT2D eigenvalue weighted by molar-refractivity contribution is -0.142. The van der Waals surface area contributed by atoms with Gasteiger partial charge in [0.15, 0.2) is 5.96 Å². The molecule has 0 aromatic heterocycles. The fraction of sp³-hybridized carbons (Fsp3) is 0.593. The van der Waals surface area contributed by atoms with Crippen LogP contribution in [0.1, 0.15) is 57.9 Å². The van der Waals surface area contributed by atoms with Crippen LogP contribution in [0.25, 0.3) is 0 Å². The van der Waals surface area contributed by atoms with Crippen LogP contribution in [0.2, 0.25) is 0 Å². The number of aliphatic carboxylic acids is 1. The van der Waals surface area contributed by atoms with Gasteiger partial charge in [0.2, 0.25) is 17.7 Å². The number of nitrogens with one attached hydrogen (secondary N) is 3. The zero-order valence-corrected chi connectivity index (χ0v) is 23.8. The first-order valence-electron chi connectivity index (χ1n) is 13.8. The van der Waals surface area contributed by atoms with E-state index in [0.717, 1.165) is 5.56 Å². The van der Waals surface area contributed by atoms with Gasteiger partial charge in [-0.05, 0) is 75.1 Å². The van der Waals surface area contributed by atoms with Gasteiger partial charge in [-0.1, -0.05) is 26.0 Å². The third-order valence-corrected chi connectivity index (χ3v) is 6.21. The minimum absolute atomic E-state index is 0.0190. The fourth-order valence-corrected chi connectivity index (χ4v) is 4.03. The number of phenols is 1. The lowest BCUT2D eigenvalue weighted by Gasteiger charge is -2.26. The zero-order valence-electron chi connectivity index (χ0n) is 23.8. The molecule has 14 heteroatoms. The highest BCUT2D eigenvalue weighted by atomic mass is 16.4. The smallest absolute Gasteiger partial charge is 0.326 e. The van der Waals surface area contributed by atoms with Gasteiger partial charge in [0, 0.05) is 6.54 Å². The Kier molecular flexibility index (Phi) is 15.8. The SMILES string of the molecule is CC(C)CC(NC(=O)C(N)Cc1ccc(O)cc1)C(=O)NC(CCCCN)C(=O)NC(CCCN=C(N)N)C(=O)O. The number of hydrogen-bond donors (Lipinski definition) is 9. The second kappa shape index (κ2) is 18.4. The number of nitrogens with zero attached hydrogens (tertiary/aromatic N) is 1. The number of amides is 3. The van der Waals surface area contributed by atoms with E-state index in [1.807, 2.05) is 13.8 Å². The van der Waals surface area contributed by atoms with Crippen LogP contribution >= 0.6 is 0 Å². The number of carboxylic acid groups (broad SMARTS) is 1. The molecule has 0 saturated heterocycles. The van der Waals surface area contributed by atoms with Gasteiger partial charge in [-0.25, -0.2) is 4.79 Å². The first-order valence-corrected chi connectivity index (χ1v) is 13.8. The van der Waals surface area contributed by atoms with Gasteiger partial charge in [-0.3, -0.25) is 19.4 Å². The predicted molar refractivity (Wildman–Crippen MR) is 155 cm³/mol. The van der Waals surface area contributed by atoms with E-state index in [-0.39, 0.29) is 49.9 Å². The molecule has 0 aliphatic rings. The van der Waals surface area contributed by atoms with Crippen molar-refractivity contribution in [3.63, 3.8) is 0 Å². The van der Waals surface area contributed by atoms with Crippen molar-refractivity contribution in [3.05, 3.63) is 29.8 Å². The van der Waals surface area contributed by atoms with Crippen LogP contribution in [-0.2, 0) is 25.6 Å². The Hall–Kier alpha value is -3.91. The molecular formula is C27H46N8O6. The topological polar surface area (TPSA) is 261 Å². The molecule has 3 amide bonds. The maximum absolute atomic E-state index is 13.3. The van der Waals surface area contributed by atoms with Crippen molar-refractivity contribution >= 4 is 29.7 Å². The number of unbranched alkanes of at least 4 members (excludes halogenated alkanes) is 1. The zero-order chi connectivity index (χ0) is 30.9. The predicted octanol–water partition coefficient (Wildman–Crippen LogP) is -0.970. The Balaban J connectivity index is 2.96.